The highest BCUT2D eigenvalue weighted by atomic mass is 16.6. The third-order valence-corrected chi connectivity index (χ3v) is 2.87. The van der Waals surface area contributed by atoms with E-state index in [0.29, 0.717) is 12.1 Å². The molecule has 1 aromatic carbocycles. The summed E-state index contributed by atoms with van der Waals surface area (Å²) in [4.78, 5) is 27.5. The van der Waals surface area contributed by atoms with E-state index in [9.17, 15) is 14.7 Å². The van der Waals surface area contributed by atoms with Gasteiger partial charge in [0.15, 0.2) is 0 Å². The minimum atomic E-state index is -1.41. The van der Waals surface area contributed by atoms with E-state index in [1.807, 2.05) is 30.3 Å². The first-order valence-electron chi connectivity index (χ1n) is 6.11. The van der Waals surface area contributed by atoms with Crippen LogP contribution in [0.5, 0.6) is 0 Å². The first-order valence-corrected chi connectivity index (χ1v) is 6.11. The quantitative estimate of drug-likeness (QED) is 0.649. The Balaban J connectivity index is 1.85. The van der Waals surface area contributed by atoms with E-state index in [4.69, 9.17) is 10.6 Å². The molecule has 2 unspecified atom stereocenters. The van der Waals surface area contributed by atoms with Gasteiger partial charge in [-0.05, 0) is 5.56 Å². The van der Waals surface area contributed by atoms with E-state index >= 15 is 0 Å². The molecule has 0 aliphatic carbocycles. The van der Waals surface area contributed by atoms with Gasteiger partial charge in [-0.1, -0.05) is 35.5 Å². The number of nitrogens with one attached hydrogen (secondary N) is 1. The lowest BCUT2D eigenvalue weighted by atomic mass is 10.0. The lowest BCUT2D eigenvalue weighted by Gasteiger charge is -2.11. The monoisotopic (exact) mass is 277 g/mol. The summed E-state index contributed by atoms with van der Waals surface area (Å²) in [7, 11) is 0. The standard InChI is InChI=1S/C13H15N3O4/c14-12(18)10(17)7-15-13(19)11-6-9(16-20-11)8-4-2-1-3-5-8/h1-5,10-11,17H,6-7H2,(H2,14,18)(H,15,19). The van der Waals surface area contributed by atoms with E-state index in [1.165, 1.54) is 0 Å². The second-order valence-electron chi connectivity index (χ2n) is 4.37. The molecule has 0 aromatic heterocycles. The maximum absolute atomic E-state index is 11.8. The van der Waals surface area contributed by atoms with Crippen LogP contribution in [0.1, 0.15) is 12.0 Å². The highest BCUT2D eigenvalue weighted by Gasteiger charge is 2.29. The van der Waals surface area contributed by atoms with Crippen molar-refractivity contribution in [3.05, 3.63) is 35.9 Å². The fourth-order valence-electron chi connectivity index (χ4n) is 1.73. The number of oxime groups is 1. The normalized spacial score (nSPS) is 18.9. The van der Waals surface area contributed by atoms with Gasteiger partial charge in [0.25, 0.3) is 5.91 Å². The highest BCUT2D eigenvalue weighted by Crippen LogP contribution is 2.16. The number of primary amides is 1. The summed E-state index contributed by atoms with van der Waals surface area (Å²) >= 11 is 0. The highest BCUT2D eigenvalue weighted by molar-refractivity contribution is 6.04. The van der Waals surface area contributed by atoms with Crippen LogP contribution in [0.3, 0.4) is 0 Å². The third kappa shape index (κ3) is 3.33. The number of benzene rings is 1. The van der Waals surface area contributed by atoms with Crippen LogP contribution in [0.25, 0.3) is 0 Å². The van der Waals surface area contributed by atoms with Crippen molar-refractivity contribution in [2.24, 2.45) is 10.9 Å². The van der Waals surface area contributed by atoms with Gasteiger partial charge in [0, 0.05) is 6.42 Å². The number of hydrogen-bond acceptors (Lipinski definition) is 5. The average Bonchev–Trinajstić information content (AvgIpc) is 2.95. The molecule has 2 rings (SSSR count). The zero-order valence-electron chi connectivity index (χ0n) is 10.7. The number of nitrogens with zero attached hydrogens (tertiary/aromatic N) is 1. The smallest absolute Gasteiger partial charge is 0.264 e. The molecule has 0 saturated heterocycles. The van der Waals surface area contributed by atoms with Crippen LogP contribution in [0.15, 0.2) is 35.5 Å². The Morgan fingerprint density at radius 3 is 2.80 bits per heavy atom. The summed E-state index contributed by atoms with van der Waals surface area (Å²) in [5, 5.41) is 15.5. The van der Waals surface area contributed by atoms with Gasteiger partial charge in [-0.2, -0.15) is 0 Å². The van der Waals surface area contributed by atoms with Crippen molar-refractivity contribution < 1.29 is 19.5 Å². The predicted octanol–water partition coefficient (Wildman–Crippen LogP) is -0.858. The van der Waals surface area contributed by atoms with Crippen molar-refractivity contribution in [1.29, 1.82) is 0 Å². The molecule has 106 valence electrons. The molecule has 4 N–H and O–H groups in total. The number of rotatable bonds is 5. The van der Waals surface area contributed by atoms with Crippen LogP contribution in [-0.2, 0) is 14.4 Å². The summed E-state index contributed by atoms with van der Waals surface area (Å²) in [5.74, 6) is -1.33. The van der Waals surface area contributed by atoms with Gasteiger partial charge < -0.3 is 21.0 Å². The van der Waals surface area contributed by atoms with Crippen molar-refractivity contribution in [2.75, 3.05) is 6.54 Å². The van der Waals surface area contributed by atoms with E-state index in [0.717, 1.165) is 5.56 Å². The Bertz CT molecular complexity index is 530. The molecular weight excluding hydrogens is 262 g/mol. The number of aliphatic hydroxyl groups excluding tert-OH is 1. The fourth-order valence-corrected chi connectivity index (χ4v) is 1.73. The Labute approximate surface area is 115 Å². The van der Waals surface area contributed by atoms with Gasteiger partial charge in [0.05, 0.1) is 12.3 Å². The lowest BCUT2D eigenvalue weighted by Crippen LogP contribution is -2.43. The molecule has 0 spiro atoms. The van der Waals surface area contributed by atoms with Crippen LogP contribution in [0, 0.1) is 0 Å². The van der Waals surface area contributed by atoms with Crippen LogP contribution >= 0.6 is 0 Å². The Hall–Kier alpha value is -2.41. The fraction of sp³-hybridized carbons (Fsp3) is 0.308. The largest absolute Gasteiger partial charge is 0.382 e. The van der Waals surface area contributed by atoms with E-state index in [-0.39, 0.29) is 6.54 Å². The number of carbonyl (C=O) groups excluding carboxylic acids is 2. The molecule has 7 nitrogen and oxygen atoms in total. The average molecular weight is 277 g/mol. The molecule has 7 heteroatoms. The number of nitrogens with two attached hydrogens (primary N) is 1. The van der Waals surface area contributed by atoms with Crippen molar-refractivity contribution in [3.63, 3.8) is 0 Å². The van der Waals surface area contributed by atoms with Crippen molar-refractivity contribution in [3.8, 4) is 0 Å². The second-order valence-corrected chi connectivity index (χ2v) is 4.37. The topological polar surface area (TPSA) is 114 Å². The van der Waals surface area contributed by atoms with Crippen LogP contribution in [0.4, 0.5) is 0 Å². The summed E-state index contributed by atoms with van der Waals surface area (Å²) in [6, 6.07) is 9.37. The van der Waals surface area contributed by atoms with Gasteiger partial charge in [-0.25, -0.2) is 0 Å². The first kappa shape index (κ1) is 14.0. The van der Waals surface area contributed by atoms with Gasteiger partial charge in [0.2, 0.25) is 12.0 Å². The van der Waals surface area contributed by atoms with Crippen LogP contribution in [-0.4, -0.2) is 41.4 Å². The molecule has 0 saturated carbocycles. The molecule has 0 radical (unpaired) electrons. The zero-order chi connectivity index (χ0) is 14.5. The van der Waals surface area contributed by atoms with Gasteiger partial charge in [-0.3, -0.25) is 9.59 Å². The Kier molecular flexibility index (Phi) is 4.31. The number of hydrogen-bond donors (Lipinski definition) is 3. The van der Waals surface area contributed by atoms with Crippen molar-refractivity contribution in [2.45, 2.75) is 18.6 Å². The first-order chi connectivity index (χ1) is 9.58. The second kappa shape index (κ2) is 6.16. The summed E-state index contributed by atoms with van der Waals surface area (Å²) in [6.07, 6.45) is -1.83. The molecule has 1 aromatic rings. The maximum Gasteiger partial charge on any atom is 0.264 e. The minimum Gasteiger partial charge on any atom is -0.382 e. The molecule has 2 atom stereocenters. The summed E-state index contributed by atoms with van der Waals surface area (Å²) in [6.45, 7) is -0.241. The predicted molar refractivity (Wildman–Crippen MR) is 70.7 cm³/mol. The number of aliphatic hydroxyl groups is 1. The van der Waals surface area contributed by atoms with E-state index < -0.39 is 24.0 Å². The molecule has 1 heterocycles. The van der Waals surface area contributed by atoms with Crippen molar-refractivity contribution >= 4 is 17.5 Å². The Morgan fingerprint density at radius 1 is 1.45 bits per heavy atom. The van der Waals surface area contributed by atoms with Gasteiger partial charge >= 0.3 is 0 Å². The Morgan fingerprint density at radius 2 is 2.15 bits per heavy atom. The van der Waals surface area contributed by atoms with Crippen LogP contribution in [0.2, 0.25) is 0 Å². The van der Waals surface area contributed by atoms with E-state index in [1.54, 1.807) is 0 Å². The molecule has 1 aliphatic heterocycles. The van der Waals surface area contributed by atoms with Crippen LogP contribution < -0.4 is 11.1 Å². The summed E-state index contributed by atoms with van der Waals surface area (Å²) in [5.41, 5.74) is 6.45. The SMILES string of the molecule is NC(=O)C(O)CNC(=O)C1CC(c2ccccc2)=NO1. The molecule has 0 bridgehead atoms. The zero-order valence-corrected chi connectivity index (χ0v) is 10.7. The molecule has 1 aliphatic rings. The maximum atomic E-state index is 11.8. The molecule has 0 fully saturated rings. The molecule has 2 amide bonds. The number of amides is 2. The molecule has 20 heavy (non-hydrogen) atoms. The van der Waals surface area contributed by atoms with Crippen molar-refractivity contribution in [1.82, 2.24) is 5.32 Å². The van der Waals surface area contributed by atoms with E-state index in [2.05, 4.69) is 10.5 Å². The molecular formula is C13H15N3O4. The lowest BCUT2D eigenvalue weighted by molar-refractivity contribution is -0.132. The minimum absolute atomic E-state index is 0.241. The van der Waals surface area contributed by atoms with Gasteiger partial charge in [-0.15, -0.1) is 0 Å². The number of carbonyl (C=O) groups is 2. The third-order valence-electron chi connectivity index (χ3n) is 2.87. The van der Waals surface area contributed by atoms with Gasteiger partial charge in [0.1, 0.15) is 6.10 Å². The summed E-state index contributed by atoms with van der Waals surface area (Å²) < 4.78 is 0.